The van der Waals surface area contributed by atoms with Crippen molar-refractivity contribution in [2.45, 2.75) is 25.3 Å². The molecule has 0 aromatic rings. The molecule has 0 fully saturated rings. The van der Waals surface area contributed by atoms with Crippen LogP contribution in [0.1, 0.15) is 19.3 Å². The van der Waals surface area contributed by atoms with Crippen LogP contribution >= 0.6 is 0 Å². The maximum atomic E-state index is 10.2. The van der Waals surface area contributed by atoms with Crippen molar-refractivity contribution in [3.63, 3.8) is 0 Å². The van der Waals surface area contributed by atoms with Gasteiger partial charge in [-0.2, -0.15) is 0 Å². The molecule has 0 radical (unpaired) electrons. The van der Waals surface area contributed by atoms with E-state index >= 15 is 0 Å². The van der Waals surface area contributed by atoms with E-state index in [1.54, 1.807) is 0 Å². The lowest BCUT2D eigenvalue weighted by molar-refractivity contribution is -0.108. The summed E-state index contributed by atoms with van der Waals surface area (Å²) in [6, 6.07) is 0.526. The molecule has 0 aromatic heterocycles. The van der Waals surface area contributed by atoms with Gasteiger partial charge in [0.25, 0.3) is 0 Å². The van der Waals surface area contributed by atoms with E-state index in [0.717, 1.165) is 19.1 Å². The second kappa shape index (κ2) is 4.29. The van der Waals surface area contributed by atoms with E-state index in [9.17, 15) is 4.79 Å². The normalized spacial score (nSPS) is 30.3. The number of aldehydes is 1. The number of nitrogens with one attached hydrogen (secondary N) is 1. The summed E-state index contributed by atoms with van der Waals surface area (Å²) in [5.74, 6) is 0.497. The van der Waals surface area contributed by atoms with Crippen molar-refractivity contribution in [3.05, 3.63) is 12.2 Å². The first kappa shape index (κ1) is 8.47. The molecule has 0 heterocycles. The Morgan fingerprint density at radius 3 is 2.82 bits per heavy atom. The van der Waals surface area contributed by atoms with Crippen LogP contribution in [0.5, 0.6) is 0 Å². The van der Waals surface area contributed by atoms with Crippen LogP contribution < -0.4 is 5.32 Å². The lowest BCUT2D eigenvalue weighted by Crippen LogP contribution is -2.26. The molecule has 0 amide bonds. The Labute approximate surface area is 67.7 Å². The highest BCUT2D eigenvalue weighted by Gasteiger charge is 2.12. The van der Waals surface area contributed by atoms with Gasteiger partial charge in [-0.3, -0.25) is 0 Å². The van der Waals surface area contributed by atoms with E-state index in [0.29, 0.717) is 18.4 Å². The van der Waals surface area contributed by atoms with Crippen LogP contribution in [-0.4, -0.2) is 19.4 Å². The number of carbonyl (C=O) groups is 1. The summed E-state index contributed by atoms with van der Waals surface area (Å²) >= 11 is 0. The molecule has 1 rings (SSSR count). The number of carbonyl (C=O) groups excluding carboxylic acids is 1. The Morgan fingerprint density at radius 2 is 2.36 bits per heavy atom. The molecule has 2 atom stereocenters. The van der Waals surface area contributed by atoms with Gasteiger partial charge in [-0.1, -0.05) is 12.2 Å². The molecule has 1 N–H and O–H groups in total. The molecule has 11 heavy (non-hydrogen) atoms. The topological polar surface area (TPSA) is 29.1 Å². The van der Waals surface area contributed by atoms with Crippen LogP contribution in [-0.2, 0) is 4.79 Å². The number of likely N-dealkylation sites (N-methyl/N-ethyl adjacent to an activating group) is 1. The zero-order valence-electron chi connectivity index (χ0n) is 6.92. The van der Waals surface area contributed by atoms with Crippen molar-refractivity contribution < 1.29 is 4.79 Å². The van der Waals surface area contributed by atoms with Crippen molar-refractivity contribution in [2.24, 2.45) is 5.92 Å². The summed E-state index contributed by atoms with van der Waals surface area (Å²) in [5, 5.41) is 3.19. The molecule has 1 aliphatic carbocycles. The van der Waals surface area contributed by atoms with Crippen molar-refractivity contribution in [1.82, 2.24) is 5.32 Å². The first-order valence-corrected chi connectivity index (χ1v) is 4.16. The molecule has 0 saturated carbocycles. The maximum Gasteiger partial charge on any atom is 0.120 e. The van der Waals surface area contributed by atoms with Gasteiger partial charge in [0.2, 0.25) is 0 Å². The molecule has 2 nitrogen and oxygen atoms in total. The fourth-order valence-corrected chi connectivity index (χ4v) is 1.44. The Hall–Kier alpha value is -0.630. The van der Waals surface area contributed by atoms with Crippen molar-refractivity contribution in [1.29, 1.82) is 0 Å². The largest absolute Gasteiger partial charge is 0.314 e. The molecular weight excluding hydrogens is 138 g/mol. The van der Waals surface area contributed by atoms with E-state index in [1.807, 2.05) is 7.05 Å². The first-order chi connectivity index (χ1) is 5.36. The zero-order valence-corrected chi connectivity index (χ0v) is 6.92. The Bertz CT molecular complexity index is 154. The second-order valence-corrected chi connectivity index (χ2v) is 3.02. The fourth-order valence-electron chi connectivity index (χ4n) is 1.44. The van der Waals surface area contributed by atoms with Gasteiger partial charge in [0, 0.05) is 12.5 Å². The first-order valence-electron chi connectivity index (χ1n) is 4.16. The minimum Gasteiger partial charge on any atom is -0.314 e. The summed E-state index contributed by atoms with van der Waals surface area (Å²) in [4.78, 5) is 10.2. The number of hydrogen-bond acceptors (Lipinski definition) is 2. The van der Waals surface area contributed by atoms with Gasteiger partial charge in [0.05, 0.1) is 0 Å². The third-order valence-corrected chi connectivity index (χ3v) is 2.23. The van der Waals surface area contributed by atoms with Gasteiger partial charge in [-0.05, 0) is 25.8 Å². The van der Waals surface area contributed by atoms with Crippen molar-refractivity contribution in [3.8, 4) is 0 Å². The van der Waals surface area contributed by atoms with E-state index in [2.05, 4.69) is 17.5 Å². The third-order valence-electron chi connectivity index (χ3n) is 2.23. The summed E-state index contributed by atoms with van der Waals surface area (Å²) in [7, 11) is 1.97. The summed E-state index contributed by atoms with van der Waals surface area (Å²) < 4.78 is 0. The van der Waals surface area contributed by atoms with Crippen LogP contribution in [0.2, 0.25) is 0 Å². The van der Waals surface area contributed by atoms with Crippen LogP contribution in [0.15, 0.2) is 12.2 Å². The van der Waals surface area contributed by atoms with Crippen LogP contribution in [0, 0.1) is 5.92 Å². The van der Waals surface area contributed by atoms with Crippen LogP contribution in [0.25, 0.3) is 0 Å². The molecule has 0 saturated heterocycles. The Kier molecular flexibility index (Phi) is 3.30. The molecule has 0 bridgehead atoms. The van der Waals surface area contributed by atoms with Gasteiger partial charge >= 0.3 is 0 Å². The van der Waals surface area contributed by atoms with Gasteiger partial charge in [0.1, 0.15) is 6.29 Å². The molecule has 1 aliphatic rings. The Morgan fingerprint density at radius 1 is 1.55 bits per heavy atom. The molecular formula is C9H15NO. The van der Waals surface area contributed by atoms with E-state index < -0.39 is 0 Å². The van der Waals surface area contributed by atoms with Crippen LogP contribution in [0.4, 0.5) is 0 Å². The predicted molar refractivity (Wildman–Crippen MR) is 45.4 cm³/mol. The summed E-state index contributed by atoms with van der Waals surface area (Å²) in [6.45, 7) is 0. The molecule has 0 spiro atoms. The number of rotatable bonds is 3. The highest BCUT2D eigenvalue weighted by Crippen LogP contribution is 2.19. The Balaban J connectivity index is 2.35. The maximum absolute atomic E-state index is 10.2. The monoisotopic (exact) mass is 153 g/mol. The van der Waals surface area contributed by atoms with Crippen molar-refractivity contribution in [2.75, 3.05) is 7.05 Å². The summed E-state index contributed by atoms with van der Waals surface area (Å²) in [5.41, 5.74) is 0. The smallest absolute Gasteiger partial charge is 0.120 e. The molecule has 0 aromatic carbocycles. The van der Waals surface area contributed by atoms with E-state index in [-0.39, 0.29) is 0 Å². The lowest BCUT2D eigenvalue weighted by Gasteiger charge is -2.20. The third kappa shape index (κ3) is 2.46. The lowest BCUT2D eigenvalue weighted by atomic mass is 9.91. The molecule has 62 valence electrons. The number of hydrogen-bond donors (Lipinski definition) is 1. The highest BCUT2D eigenvalue weighted by atomic mass is 16.1. The summed E-state index contributed by atoms with van der Waals surface area (Å²) in [6.07, 6.45) is 8.31. The zero-order chi connectivity index (χ0) is 8.10. The second-order valence-electron chi connectivity index (χ2n) is 3.02. The molecule has 2 heteroatoms. The average Bonchev–Trinajstić information content (AvgIpc) is 2.07. The van der Waals surface area contributed by atoms with Gasteiger partial charge in [-0.25, -0.2) is 0 Å². The quantitative estimate of drug-likeness (QED) is 0.486. The average molecular weight is 153 g/mol. The molecule has 2 unspecified atom stereocenters. The minimum atomic E-state index is 0.497. The highest BCUT2D eigenvalue weighted by molar-refractivity contribution is 5.50. The van der Waals surface area contributed by atoms with Gasteiger partial charge in [-0.15, -0.1) is 0 Å². The van der Waals surface area contributed by atoms with Gasteiger partial charge in [0.15, 0.2) is 0 Å². The van der Waals surface area contributed by atoms with E-state index in [4.69, 9.17) is 0 Å². The SMILES string of the molecule is CNC1C=CC(CC=O)CC1. The predicted octanol–water partition coefficient (Wildman–Crippen LogP) is 1.13. The van der Waals surface area contributed by atoms with Gasteiger partial charge < -0.3 is 10.1 Å². The fraction of sp³-hybridized carbons (Fsp3) is 0.667. The standard InChI is InChI=1S/C9H15NO/c1-10-9-4-2-8(3-5-9)6-7-11/h2,4,7-10H,3,5-6H2,1H3. The molecule has 0 aliphatic heterocycles. The van der Waals surface area contributed by atoms with E-state index in [1.165, 1.54) is 0 Å². The van der Waals surface area contributed by atoms with Crippen molar-refractivity contribution >= 4 is 6.29 Å². The van der Waals surface area contributed by atoms with Crippen LogP contribution in [0.3, 0.4) is 0 Å². The number of allylic oxidation sites excluding steroid dienone is 1. The minimum absolute atomic E-state index is 0.497.